The van der Waals surface area contributed by atoms with Gasteiger partial charge in [0.1, 0.15) is 5.15 Å². The minimum absolute atomic E-state index is 0.153. The number of carboxylic acid groups (broad SMARTS) is 1. The van der Waals surface area contributed by atoms with E-state index in [1.54, 1.807) is 24.3 Å². The van der Waals surface area contributed by atoms with Gasteiger partial charge in [0.05, 0.1) is 11.3 Å². The molecule has 0 saturated heterocycles. The second kappa shape index (κ2) is 5.59. The average Bonchev–Trinajstić information content (AvgIpc) is 2.37. The summed E-state index contributed by atoms with van der Waals surface area (Å²) in [6, 6.07) is 8.59. The molecule has 0 saturated carbocycles. The first-order valence-electron chi connectivity index (χ1n) is 5.72. The smallest absolute Gasteiger partial charge is 0.338 e. The maximum atomic E-state index is 11.5. The normalized spacial score (nSPS) is 10.5. The van der Waals surface area contributed by atoms with E-state index in [4.69, 9.17) is 23.2 Å². The highest BCUT2D eigenvalue weighted by molar-refractivity contribution is 6.34. The van der Waals surface area contributed by atoms with Crippen molar-refractivity contribution in [1.82, 2.24) is 4.98 Å². The van der Waals surface area contributed by atoms with E-state index < -0.39 is 5.97 Å². The summed E-state index contributed by atoms with van der Waals surface area (Å²) < 4.78 is 0. The van der Waals surface area contributed by atoms with Crippen molar-refractivity contribution in [1.29, 1.82) is 0 Å². The van der Waals surface area contributed by atoms with Crippen molar-refractivity contribution in [2.24, 2.45) is 0 Å². The number of hydrogen-bond donors (Lipinski definition) is 1. The topological polar surface area (TPSA) is 50.2 Å². The monoisotopic (exact) mass is 295 g/mol. The summed E-state index contributed by atoms with van der Waals surface area (Å²) in [5, 5.41) is 10.1. The van der Waals surface area contributed by atoms with Gasteiger partial charge >= 0.3 is 5.97 Å². The summed E-state index contributed by atoms with van der Waals surface area (Å²) in [7, 11) is 0. The third-order valence-electron chi connectivity index (χ3n) is 2.78. The largest absolute Gasteiger partial charge is 0.478 e. The quantitative estimate of drug-likeness (QED) is 0.858. The van der Waals surface area contributed by atoms with E-state index in [1.165, 1.54) is 6.07 Å². The molecule has 5 heteroatoms. The molecule has 0 fully saturated rings. The van der Waals surface area contributed by atoms with Crippen LogP contribution in [0.25, 0.3) is 11.1 Å². The molecule has 1 aromatic heterocycles. The molecule has 1 aromatic carbocycles. The van der Waals surface area contributed by atoms with Gasteiger partial charge in [-0.25, -0.2) is 9.78 Å². The third kappa shape index (κ3) is 2.72. The van der Waals surface area contributed by atoms with E-state index >= 15 is 0 Å². The number of hydrogen-bond acceptors (Lipinski definition) is 2. The van der Waals surface area contributed by atoms with Gasteiger partial charge < -0.3 is 5.11 Å². The van der Waals surface area contributed by atoms with Crippen LogP contribution in [-0.2, 0) is 6.42 Å². The van der Waals surface area contributed by atoms with E-state index in [1.807, 2.05) is 6.92 Å². The van der Waals surface area contributed by atoms with Crippen LogP contribution in [0, 0.1) is 0 Å². The second-order valence-electron chi connectivity index (χ2n) is 3.95. The van der Waals surface area contributed by atoms with Crippen molar-refractivity contribution in [3.8, 4) is 11.1 Å². The average molecular weight is 296 g/mol. The fraction of sp³-hybridized carbons (Fsp3) is 0.143. The number of aryl methyl sites for hydroxylation is 1. The maximum Gasteiger partial charge on any atom is 0.338 e. The zero-order chi connectivity index (χ0) is 14.0. The second-order valence-corrected chi connectivity index (χ2v) is 4.75. The van der Waals surface area contributed by atoms with Crippen LogP contribution in [0.5, 0.6) is 0 Å². The van der Waals surface area contributed by atoms with E-state index in [0.717, 1.165) is 0 Å². The van der Waals surface area contributed by atoms with Gasteiger partial charge in [-0.05, 0) is 18.6 Å². The zero-order valence-corrected chi connectivity index (χ0v) is 11.7. The van der Waals surface area contributed by atoms with Crippen LogP contribution >= 0.6 is 23.2 Å². The molecule has 0 aliphatic rings. The van der Waals surface area contributed by atoms with Crippen molar-refractivity contribution in [3.05, 3.63) is 51.8 Å². The van der Waals surface area contributed by atoms with Gasteiger partial charge in [-0.15, -0.1) is 0 Å². The molecule has 0 bridgehead atoms. The minimum atomic E-state index is -1.03. The number of carbonyl (C=O) groups is 1. The molecule has 0 spiro atoms. The Kier molecular flexibility index (Phi) is 4.08. The molecule has 2 aromatic rings. The van der Waals surface area contributed by atoms with Gasteiger partial charge in [-0.2, -0.15) is 0 Å². The summed E-state index contributed by atoms with van der Waals surface area (Å²) in [5.41, 5.74) is 1.74. The first kappa shape index (κ1) is 13.8. The van der Waals surface area contributed by atoms with Gasteiger partial charge in [0, 0.05) is 16.1 Å². The number of carboxylic acids is 1. The standard InChI is InChI=1S/C14H11Cl2NO2/c1-2-11-13(14(18)19)9(7-12(16)17-11)8-5-3-4-6-10(8)15/h3-7H,2H2,1H3,(H,18,19). The fourth-order valence-electron chi connectivity index (χ4n) is 1.95. The van der Waals surface area contributed by atoms with Gasteiger partial charge in [0.2, 0.25) is 0 Å². The highest BCUT2D eigenvalue weighted by Gasteiger charge is 2.19. The van der Waals surface area contributed by atoms with E-state index in [2.05, 4.69) is 4.98 Å². The van der Waals surface area contributed by atoms with Crippen LogP contribution in [0.3, 0.4) is 0 Å². The summed E-state index contributed by atoms with van der Waals surface area (Å²) in [6.07, 6.45) is 0.486. The van der Waals surface area contributed by atoms with Crippen molar-refractivity contribution >= 4 is 29.2 Å². The summed E-state index contributed by atoms with van der Waals surface area (Å²) in [5.74, 6) is -1.03. The van der Waals surface area contributed by atoms with Crippen LogP contribution in [0.15, 0.2) is 30.3 Å². The zero-order valence-electron chi connectivity index (χ0n) is 10.2. The predicted octanol–water partition coefficient (Wildman–Crippen LogP) is 4.32. The number of aromatic nitrogens is 1. The fourth-order valence-corrected chi connectivity index (χ4v) is 2.40. The first-order chi connectivity index (χ1) is 9.04. The van der Waals surface area contributed by atoms with Gasteiger partial charge in [0.25, 0.3) is 0 Å². The highest BCUT2D eigenvalue weighted by atomic mass is 35.5. The Bertz CT molecular complexity index is 641. The van der Waals surface area contributed by atoms with Crippen molar-refractivity contribution < 1.29 is 9.90 Å². The molecule has 0 amide bonds. The van der Waals surface area contributed by atoms with Crippen LogP contribution < -0.4 is 0 Å². The number of nitrogens with zero attached hydrogens (tertiary/aromatic N) is 1. The first-order valence-corrected chi connectivity index (χ1v) is 6.47. The van der Waals surface area contributed by atoms with E-state index in [-0.39, 0.29) is 10.7 Å². The molecule has 0 aliphatic carbocycles. The Hall–Kier alpha value is -1.58. The summed E-state index contributed by atoms with van der Waals surface area (Å²) in [6.45, 7) is 1.83. The lowest BCUT2D eigenvalue weighted by atomic mass is 9.98. The molecule has 19 heavy (non-hydrogen) atoms. The number of halogens is 2. The number of rotatable bonds is 3. The molecule has 0 atom stereocenters. The Morgan fingerprint density at radius 3 is 2.53 bits per heavy atom. The van der Waals surface area contributed by atoms with Crippen molar-refractivity contribution in [2.75, 3.05) is 0 Å². The Balaban J connectivity index is 2.79. The van der Waals surface area contributed by atoms with Crippen LogP contribution in [-0.4, -0.2) is 16.1 Å². The number of aromatic carboxylic acids is 1. The molecule has 0 unspecified atom stereocenters. The Morgan fingerprint density at radius 2 is 1.95 bits per heavy atom. The number of benzene rings is 1. The van der Waals surface area contributed by atoms with E-state index in [9.17, 15) is 9.90 Å². The summed E-state index contributed by atoms with van der Waals surface area (Å²) in [4.78, 5) is 15.5. The van der Waals surface area contributed by atoms with Crippen LogP contribution in [0.4, 0.5) is 0 Å². The molecule has 3 nitrogen and oxygen atoms in total. The lowest BCUT2D eigenvalue weighted by Crippen LogP contribution is -2.07. The molecular formula is C14H11Cl2NO2. The summed E-state index contributed by atoms with van der Waals surface area (Å²) >= 11 is 12.1. The molecule has 1 N–H and O–H groups in total. The SMILES string of the molecule is CCc1nc(Cl)cc(-c2ccccc2Cl)c1C(=O)O. The van der Waals surface area contributed by atoms with E-state index in [0.29, 0.717) is 28.3 Å². The molecular weight excluding hydrogens is 285 g/mol. The number of pyridine rings is 1. The molecule has 1 heterocycles. The van der Waals surface area contributed by atoms with Gasteiger partial charge in [-0.3, -0.25) is 0 Å². The van der Waals surface area contributed by atoms with Crippen LogP contribution in [0.2, 0.25) is 10.2 Å². The van der Waals surface area contributed by atoms with Gasteiger partial charge in [-0.1, -0.05) is 48.3 Å². The molecule has 0 radical (unpaired) electrons. The highest BCUT2D eigenvalue weighted by Crippen LogP contribution is 2.33. The molecule has 98 valence electrons. The Labute approximate surface area is 120 Å². The minimum Gasteiger partial charge on any atom is -0.478 e. The molecule has 2 rings (SSSR count). The Morgan fingerprint density at radius 1 is 1.26 bits per heavy atom. The van der Waals surface area contributed by atoms with Crippen LogP contribution in [0.1, 0.15) is 23.0 Å². The lowest BCUT2D eigenvalue weighted by Gasteiger charge is -2.12. The third-order valence-corrected chi connectivity index (χ3v) is 3.30. The van der Waals surface area contributed by atoms with Gasteiger partial charge in [0.15, 0.2) is 0 Å². The maximum absolute atomic E-state index is 11.5. The predicted molar refractivity (Wildman–Crippen MR) is 76.0 cm³/mol. The molecule has 0 aliphatic heterocycles. The van der Waals surface area contributed by atoms with Crippen molar-refractivity contribution in [3.63, 3.8) is 0 Å². The van der Waals surface area contributed by atoms with Crippen molar-refractivity contribution in [2.45, 2.75) is 13.3 Å². The lowest BCUT2D eigenvalue weighted by molar-refractivity contribution is 0.0696.